The summed E-state index contributed by atoms with van der Waals surface area (Å²) in [5.74, 6) is 0.120. The number of benzene rings is 4. The summed E-state index contributed by atoms with van der Waals surface area (Å²) in [6, 6.07) is 23.1. The maximum atomic E-state index is 13.8. The predicted octanol–water partition coefficient (Wildman–Crippen LogP) is 5.03. The lowest BCUT2D eigenvalue weighted by molar-refractivity contribution is 0.0371. The van der Waals surface area contributed by atoms with E-state index in [9.17, 15) is 23.1 Å². The third kappa shape index (κ3) is 7.03. The Labute approximate surface area is 268 Å². The lowest BCUT2D eigenvalue weighted by Crippen LogP contribution is -2.50. The number of urea groups is 1. The Morgan fingerprint density at radius 2 is 1.80 bits per heavy atom. The highest BCUT2D eigenvalue weighted by Gasteiger charge is 2.34. The van der Waals surface area contributed by atoms with Gasteiger partial charge in [0.2, 0.25) is 0 Å². The van der Waals surface area contributed by atoms with Gasteiger partial charge >= 0.3 is 6.03 Å². The van der Waals surface area contributed by atoms with Gasteiger partial charge in [-0.25, -0.2) is 13.2 Å². The van der Waals surface area contributed by atoms with Crippen molar-refractivity contribution in [2.75, 3.05) is 43.9 Å². The largest absolute Gasteiger partial charge is 0.497 e. The van der Waals surface area contributed by atoms with Crippen molar-refractivity contribution >= 4 is 44.1 Å². The van der Waals surface area contributed by atoms with Crippen molar-refractivity contribution in [2.24, 2.45) is 5.92 Å². The van der Waals surface area contributed by atoms with E-state index in [4.69, 9.17) is 9.47 Å². The highest BCUT2D eigenvalue weighted by atomic mass is 32.2. The second-order valence-corrected chi connectivity index (χ2v) is 13.1. The maximum Gasteiger partial charge on any atom is 0.321 e. The minimum Gasteiger partial charge on any atom is -0.497 e. The topological polar surface area (TPSA) is 138 Å². The molecule has 0 aromatic heterocycles. The number of anilines is 2. The number of rotatable bonds is 9. The second-order valence-electron chi connectivity index (χ2n) is 11.5. The van der Waals surface area contributed by atoms with Gasteiger partial charge in [-0.3, -0.25) is 9.52 Å². The standard InChI is InChI=1S/C34H38N4O7S/c1-22-19-38(23(2)21-39)33(40)29-18-25(36-46(42,43)27-15-13-26(44-4)14-16-27)12-17-31(29)45-32(22)20-37(3)34(41)35-30-11-7-9-24-8-5-6-10-28(24)30/h5-18,22-23,32,36,39H,19-21H2,1-4H3,(H,35,41)/t22-,23+,32+/m0/s1. The molecule has 3 atom stereocenters. The van der Waals surface area contributed by atoms with E-state index in [0.29, 0.717) is 11.4 Å². The molecule has 3 N–H and O–H groups in total. The minimum absolute atomic E-state index is 0.0249. The molecule has 1 aliphatic rings. The summed E-state index contributed by atoms with van der Waals surface area (Å²) in [5.41, 5.74) is 0.986. The summed E-state index contributed by atoms with van der Waals surface area (Å²) in [7, 11) is -0.817. The van der Waals surface area contributed by atoms with Crippen molar-refractivity contribution in [3.63, 3.8) is 0 Å². The van der Waals surface area contributed by atoms with Crippen LogP contribution in [0.2, 0.25) is 0 Å². The number of nitrogens with zero attached hydrogens (tertiary/aromatic N) is 2. The first-order valence-electron chi connectivity index (χ1n) is 14.9. The number of aliphatic hydroxyl groups is 1. The Balaban J connectivity index is 1.40. The lowest BCUT2D eigenvalue weighted by Gasteiger charge is -2.38. The SMILES string of the molecule is COc1ccc(S(=O)(=O)Nc2ccc3c(c2)C(=O)N([C@H](C)CO)C[C@H](C)[C@@H](CN(C)C(=O)Nc2cccc4ccccc24)O3)cc1. The van der Waals surface area contributed by atoms with E-state index in [1.54, 1.807) is 37.1 Å². The molecule has 0 radical (unpaired) electrons. The summed E-state index contributed by atoms with van der Waals surface area (Å²) in [5, 5.41) is 14.9. The molecular formula is C34H38N4O7S. The molecule has 0 saturated carbocycles. The molecule has 5 rings (SSSR count). The van der Waals surface area contributed by atoms with Crippen molar-refractivity contribution in [2.45, 2.75) is 30.9 Å². The predicted molar refractivity (Wildman–Crippen MR) is 177 cm³/mol. The van der Waals surface area contributed by atoms with Gasteiger partial charge in [-0.2, -0.15) is 0 Å². The van der Waals surface area contributed by atoms with Crippen LogP contribution in [-0.2, 0) is 10.0 Å². The molecule has 3 amide bonds. The third-order valence-corrected chi connectivity index (χ3v) is 9.52. The van der Waals surface area contributed by atoms with Gasteiger partial charge in [-0.05, 0) is 60.8 Å². The van der Waals surface area contributed by atoms with Crippen LogP contribution in [-0.4, -0.2) is 81.3 Å². The number of fused-ring (bicyclic) bond motifs is 2. The molecular weight excluding hydrogens is 608 g/mol. The number of carbonyl (C=O) groups is 2. The van der Waals surface area contributed by atoms with Crippen molar-refractivity contribution < 1.29 is 32.6 Å². The van der Waals surface area contributed by atoms with Crippen LogP contribution in [0, 0.1) is 5.92 Å². The first kappa shape index (κ1) is 32.6. The Kier molecular flexibility index (Phi) is 9.68. The molecule has 12 heteroatoms. The summed E-state index contributed by atoms with van der Waals surface area (Å²) in [6.07, 6.45) is -0.537. The van der Waals surface area contributed by atoms with E-state index in [1.165, 1.54) is 36.3 Å². The highest BCUT2D eigenvalue weighted by Crippen LogP contribution is 2.32. The number of aliphatic hydroxyl groups excluding tert-OH is 1. The average Bonchev–Trinajstić information content (AvgIpc) is 3.06. The Bertz CT molecular complexity index is 1830. The monoisotopic (exact) mass is 646 g/mol. The highest BCUT2D eigenvalue weighted by molar-refractivity contribution is 7.92. The Hall–Kier alpha value is -4.81. The van der Waals surface area contributed by atoms with Gasteiger partial charge in [0.1, 0.15) is 17.6 Å². The summed E-state index contributed by atoms with van der Waals surface area (Å²) in [4.78, 5) is 30.2. The molecule has 0 fully saturated rings. The molecule has 0 aliphatic carbocycles. The summed E-state index contributed by atoms with van der Waals surface area (Å²) >= 11 is 0. The van der Waals surface area contributed by atoms with Crippen LogP contribution in [0.4, 0.5) is 16.2 Å². The number of amides is 3. The van der Waals surface area contributed by atoms with Gasteiger partial charge in [-0.1, -0.05) is 43.3 Å². The van der Waals surface area contributed by atoms with E-state index >= 15 is 0 Å². The van der Waals surface area contributed by atoms with Gasteiger partial charge in [0, 0.05) is 30.6 Å². The fourth-order valence-corrected chi connectivity index (χ4v) is 6.42. The molecule has 0 saturated heterocycles. The molecule has 0 unspecified atom stereocenters. The number of methoxy groups -OCH3 is 1. The van der Waals surface area contributed by atoms with Crippen LogP contribution in [0.25, 0.3) is 10.8 Å². The molecule has 0 bridgehead atoms. The van der Waals surface area contributed by atoms with Gasteiger partial charge in [0.25, 0.3) is 15.9 Å². The molecule has 4 aromatic carbocycles. The number of sulfonamides is 1. The van der Waals surface area contributed by atoms with Crippen LogP contribution in [0.15, 0.2) is 89.8 Å². The van der Waals surface area contributed by atoms with E-state index < -0.39 is 28.1 Å². The van der Waals surface area contributed by atoms with Crippen LogP contribution in [0.5, 0.6) is 11.5 Å². The molecule has 1 heterocycles. The smallest absolute Gasteiger partial charge is 0.321 e. The van der Waals surface area contributed by atoms with Crippen LogP contribution < -0.4 is 19.5 Å². The van der Waals surface area contributed by atoms with Gasteiger partial charge in [-0.15, -0.1) is 0 Å². The molecule has 0 spiro atoms. The number of carbonyl (C=O) groups excluding carboxylic acids is 2. The quantitative estimate of drug-likeness (QED) is 0.232. The van der Waals surface area contributed by atoms with Crippen LogP contribution >= 0.6 is 0 Å². The fourth-order valence-electron chi connectivity index (χ4n) is 5.37. The number of hydrogen-bond acceptors (Lipinski definition) is 7. The van der Waals surface area contributed by atoms with Crippen molar-refractivity contribution in [1.29, 1.82) is 0 Å². The van der Waals surface area contributed by atoms with E-state index in [0.717, 1.165) is 10.8 Å². The first-order chi connectivity index (χ1) is 22.0. The number of likely N-dealkylation sites (N-methyl/N-ethyl adjacent to an activating group) is 1. The van der Waals surface area contributed by atoms with Gasteiger partial charge < -0.3 is 29.7 Å². The van der Waals surface area contributed by atoms with Crippen molar-refractivity contribution in [1.82, 2.24) is 9.80 Å². The van der Waals surface area contributed by atoms with E-state index in [-0.39, 0.29) is 53.5 Å². The Morgan fingerprint density at radius 1 is 1.09 bits per heavy atom. The zero-order valence-corrected chi connectivity index (χ0v) is 27.0. The molecule has 1 aliphatic heterocycles. The zero-order valence-electron chi connectivity index (χ0n) is 26.1. The third-order valence-electron chi connectivity index (χ3n) is 8.12. The molecule has 4 aromatic rings. The van der Waals surface area contributed by atoms with E-state index in [2.05, 4.69) is 10.0 Å². The maximum absolute atomic E-state index is 13.8. The number of hydrogen-bond donors (Lipinski definition) is 3. The number of nitrogens with one attached hydrogen (secondary N) is 2. The first-order valence-corrected chi connectivity index (χ1v) is 16.4. The van der Waals surface area contributed by atoms with Crippen LogP contribution in [0.3, 0.4) is 0 Å². The lowest BCUT2D eigenvalue weighted by atomic mass is 9.99. The average molecular weight is 647 g/mol. The van der Waals surface area contributed by atoms with Crippen molar-refractivity contribution in [3.8, 4) is 11.5 Å². The minimum atomic E-state index is -3.98. The van der Waals surface area contributed by atoms with Crippen molar-refractivity contribution in [3.05, 3.63) is 90.5 Å². The van der Waals surface area contributed by atoms with Crippen LogP contribution in [0.1, 0.15) is 24.2 Å². The molecule has 46 heavy (non-hydrogen) atoms. The van der Waals surface area contributed by atoms with Gasteiger partial charge in [0.05, 0.1) is 42.4 Å². The Morgan fingerprint density at radius 3 is 2.52 bits per heavy atom. The van der Waals surface area contributed by atoms with E-state index in [1.807, 2.05) is 49.4 Å². The second kappa shape index (κ2) is 13.7. The molecule has 242 valence electrons. The summed E-state index contributed by atoms with van der Waals surface area (Å²) < 4.78 is 40.3. The molecule has 11 nitrogen and oxygen atoms in total. The van der Waals surface area contributed by atoms with Gasteiger partial charge in [0.15, 0.2) is 0 Å². The normalized spacial score (nSPS) is 17.2. The zero-order chi connectivity index (χ0) is 33.0. The fraction of sp³-hybridized carbons (Fsp3) is 0.294. The summed E-state index contributed by atoms with van der Waals surface area (Å²) in [6.45, 7) is 3.83. The number of ether oxygens (including phenoxy) is 2.